The van der Waals surface area contributed by atoms with Gasteiger partial charge in [0.2, 0.25) is 0 Å². The van der Waals surface area contributed by atoms with Gasteiger partial charge in [-0.2, -0.15) is 0 Å². The van der Waals surface area contributed by atoms with Crippen LogP contribution in [0.4, 0.5) is 5.69 Å². The van der Waals surface area contributed by atoms with Gasteiger partial charge in [-0.3, -0.25) is 4.79 Å². The predicted molar refractivity (Wildman–Crippen MR) is 102 cm³/mol. The van der Waals surface area contributed by atoms with Gasteiger partial charge >= 0.3 is 0 Å². The van der Waals surface area contributed by atoms with E-state index in [1.54, 1.807) is 43.5 Å². The summed E-state index contributed by atoms with van der Waals surface area (Å²) in [7, 11) is 1.59. The van der Waals surface area contributed by atoms with E-state index in [1.807, 2.05) is 0 Å². The third-order valence-corrected chi connectivity index (χ3v) is 4.16. The lowest BCUT2D eigenvalue weighted by molar-refractivity contribution is 0.102. The molecule has 4 nitrogen and oxygen atoms in total. The highest BCUT2D eigenvalue weighted by Crippen LogP contribution is 2.34. The van der Waals surface area contributed by atoms with Crippen LogP contribution in [0, 0.1) is 0 Å². The van der Waals surface area contributed by atoms with Gasteiger partial charge in [-0.15, -0.1) is 0 Å². The van der Waals surface area contributed by atoms with Crippen molar-refractivity contribution in [3.63, 3.8) is 0 Å². The van der Waals surface area contributed by atoms with Crippen LogP contribution in [0.25, 0.3) is 0 Å². The zero-order chi connectivity index (χ0) is 18.2. The van der Waals surface area contributed by atoms with E-state index in [0.29, 0.717) is 39.4 Å². The van der Waals surface area contributed by atoms with E-state index in [2.05, 4.69) is 12.2 Å². The fourth-order valence-corrected chi connectivity index (χ4v) is 2.83. The number of halogens is 2. The Morgan fingerprint density at radius 1 is 1.08 bits per heavy atom. The van der Waals surface area contributed by atoms with Gasteiger partial charge in [0.25, 0.3) is 5.91 Å². The second-order valence-corrected chi connectivity index (χ2v) is 6.32. The summed E-state index contributed by atoms with van der Waals surface area (Å²) in [4.78, 5) is 12.4. The van der Waals surface area contributed by atoms with Gasteiger partial charge in [-0.1, -0.05) is 43.0 Å². The normalized spacial score (nSPS) is 10.4. The van der Waals surface area contributed by atoms with Crippen molar-refractivity contribution >= 4 is 34.8 Å². The number of carbonyl (C=O) groups is 1. The van der Waals surface area contributed by atoms with Crippen LogP contribution in [0.2, 0.25) is 10.0 Å². The van der Waals surface area contributed by atoms with Gasteiger partial charge in [0.1, 0.15) is 5.75 Å². The third-order valence-electron chi connectivity index (χ3n) is 3.60. The van der Waals surface area contributed by atoms with E-state index in [0.717, 1.165) is 19.3 Å². The molecule has 1 amide bonds. The number of ether oxygens (including phenoxy) is 2. The van der Waals surface area contributed by atoms with Crippen molar-refractivity contribution < 1.29 is 14.3 Å². The number of anilines is 1. The highest BCUT2D eigenvalue weighted by Gasteiger charge is 2.14. The largest absolute Gasteiger partial charge is 0.497 e. The summed E-state index contributed by atoms with van der Waals surface area (Å²) in [5.74, 6) is 0.834. The topological polar surface area (TPSA) is 47.6 Å². The quantitative estimate of drug-likeness (QED) is 0.585. The van der Waals surface area contributed by atoms with Crippen LogP contribution in [0.1, 0.15) is 36.5 Å². The summed E-state index contributed by atoms with van der Waals surface area (Å²) in [5, 5.41) is 3.44. The molecule has 0 aliphatic heterocycles. The van der Waals surface area contributed by atoms with Gasteiger partial charge < -0.3 is 14.8 Å². The smallest absolute Gasteiger partial charge is 0.255 e. The zero-order valence-corrected chi connectivity index (χ0v) is 15.8. The van der Waals surface area contributed by atoms with Crippen molar-refractivity contribution in [2.45, 2.75) is 26.2 Å². The monoisotopic (exact) mass is 381 g/mol. The Kier molecular flexibility index (Phi) is 7.41. The Balaban J connectivity index is 2.06. The molecule has 0 saturated carbocycles. The highest BCUT2D eigenvalue weighted by molar-refractivity contribution is 6.37. The highest BCUT2D eigenvalue weighted by atomic mass is 35.5. The molecule has 2 aromatic carbocycles. The first-order chi connectivity index (χ1) is 12.0. The molecule has 0 radical (unpaired) electrons. The van der Waals surface area contributed by atoms with Crippen molar-refractivity contribution in [2.24, 2.45) is 0 Å². The average molecular weight is 382 g/mol. The summed E-state index contributed by atoms with van der Waals surface area (Å²) in [6, 6.07) is 10.2. The molecule has 0 spiro atoms. The first-order valence-electron chi connectivity index (χ1n) is 8.12. The van der Waals surface area contributed by atoms with Crippen LogP contribution in [-0.4, -0.2) is 19.6 Å². The second-order valence-electron chi connectivity index (χ2n) is 5.51. The van der Waals surface area contributed by atoms with Gasteiger partial charge in [0, 0.05) is 11.3 Å². The van der Waals surface area contributed by atoms with Crippen LogP contribution in [0.3, 0.4) is 0 Å². The lowest BCUT2D eigenvalue weighted by Gasteiger charge is -2.12. The molecule has 0 aromatic heterocycles. The summed E-state index contributed by atoms with van der Waals surface area (Å²) in [6.45, 7) is 2.67. The number of rotatable bonds is 8. The summed E-state index contributed by atoms with van der Waals surface area (Å²) in [6.07, 6.45) is 3.12. The van der Waals surface area contributed by atoms with Crippen LogP contribution in [0.5, 0.6) is 11.5 Å². The third kappa shape index (κ3) is 5.55. The number of unbranched alkanes of at least 4 members (excludes halogenated alkanes) is 2. The molecule has 2 aromatic rings. The number of nitrogens with one attached hydrogen (secondary N) is 1. The molecule has 0 saturated heterocycles. The van der Waals surface area contributed by atoms with E-state index in [9.17, 15) is 4.79 Å². The maximum Gasteiger partial charge on any atom is 0.255 e. The van der Waals surface area contributed by atoms with E-state index in [4.69, 9.17) is 32.7 Å². The van der Waals surface area contributed by atoms with Crippen molar-refractivity contribution in [1.82, 2.24) is 0 Å². The van der Waals surface area contributed by atoms with Crippen LogP contribution < -0.4 is 14.8 Å². The summed E-state index contributed by atoms with van der Waals surface area (Å²) in [5.41, 5.74) is 1.02. The molecule has 6 heteroatoms. The molecule has 134 valence electrons. The fourth-order valence-electron chi connectivity index (χ4n) is 2.23. The Hall–Kier alpha value is -1.91. The van der Waals surface area contributed by atoms with E-state index in [-0.39, 0.29) is 5.91 Å². The van der Waals surface area contributed by atoms with Crippen LogP contribution in [-0.2, 0) is 0 Å². The lowest BCUT2D eigenvalue weighted by Crippen LogP contribution is -2.12. The minimum Gasteiger partial charge on any atom is -0.497 e. The number of benzene rings is 2. The average Bonchev–Trinajstić information content (AvgIpc) is 2.61. The molecule has 0 aliphatic rings. The Bertz CT molecular complexity index is 694. The molecule has 0 heterocycles. The second kappa shape index (κ2) is 9.54. The van der Waals surface area contributed by atoms with Crippen LogP contribution >= 0.6 is 23.2 Å². The van der Waals surface area contributed by atoms with E-state index in [1.165, 1.54) is 0 Å². The molecule has 2 rings (SSSR count). The van der Waals surface area contributed by atoms with Gasteiger partial charge in [0.05, 0.1) is 23.8 Å². The fraction of sp³-hybridized carbons (Fsp3) is 0.316. The number of hydrogen-bond acceptors (Lipinski definition) is 3. The molecule has 0 aliphatic carbocycles. The molecule has 0 bridgehead atoms. The van der Waals surface area contributed by atoms with Crippen molar-refractivity contribution in [3.8, 4) is 11.5 Å². The first-order valence-corrected chi connectivity index (χ1v) is 8.88. The molecule has 1 N–H and O–H groups in total. The summed E-state index contributed by atoms with van der Waals surface area (Å²) >= 11 is 12.5. The number of hydrogen-bond donors (Lipinski definition) is 1. The predicted octanol–water partition coefficient (Wildman–Crippen LogP) is 5.82. The zero-order valence-electron chi connectivity index (χ0n) is 14.3. The number of carbonyl (C=O) groups excluding carboxylic acids is 1. The van der Waals surface area contributed by atoms with E-state index >= 15 is 0 Å². The summed E-state index contributed by atoms with van der Waals surface area (Å²) < 4.78 is 10.7. The molecule has 25 heavy (non-hydrogen) atoms. The maximum absolute atomic E-state index is 12.4. The molecule has 0 fully saturated rings. The Labute approximate surface area is 158 Å². The molecule has 0 atom stereocenters. The van der Waals surface area contributed by atoms with Crippen molar-refractivity contribution in [2.75, 3.05) is 19.0 Å². The van der Waals surface area contributed by atoms with Gasteiger partial charge in [-0.05, 0) is 42.8 Å². The maximum atomic E-state index is 12.4. The van der Waals surface area contributed by atoms with Gasteiger partial charge in [-0.25, -0.2) is 0 Å². The van der Waals surface area contributed by atoms with Crippen molar-refractivity contribution in [1.29, 1.82) is 0 Å². The Morgan fingerprint density at radius 2 is 1.72 bits per heavy atom. The van der Waals surface area contributed by atoms with E-state index < -0.39 is 0 Å². The minimum atomic E-state index is -0.300. The number of amides is 1. The number of methoxy groups -OCH3 is 1. The minimum absolute atomic E-state index is 0.300. The van der Waals surface area contributed by atoms with Gasteiger partial charge in [0.15, 0.2) is 5.75 Å². The molecular weight excluding hydrogens is 361 g/mol. The first kappa shape index (κ1) is 19.4. The molecular formula is C19H21Cl2NO3. The van der Waals surface area contributed by atoms with Crippen molar-refractivity contribution in [3.05, 3.63) is 52.0 Å². The Morgan fingerprint density at radius 3 is 2.28 bits per heavy atom. The molecule has 0 unspecified atom stereocenters. The van der Waals surface area contributed by atoms with Crippen LogP contribution in [0.15, 0.2) is 36.4 Å². The SMILES string of the molecule is CCCCCOc1c(Cl)cc(C(=O)Nc2ccc(OC)cc2)cc1Cl. The lowest BCUT2D eigenvalue weighted by atomic mass is 10.2. The standard InChI is InChI=1S/C19H21Cl2NO3/c1-3-4-5-10-25-18-16(20)11-13(12-17(18)21)19(23)22-14-6-8-15(24-2)9-7-14/h6-9,11-12H,3-5,10H2,1-2H3,(H,22,23).